The number of amides is 2. The van der Waals surface area contributed by atoms with Crippen molar-refractivity contribution in [3.05, 3.63) is 0 Å². The predicted octanol–water partition coefficient (Wildman–Crippen LogP) is 0.0261. The van der Waals surface area contributed by atoms with Crippen molar-refractivity contribution in [2.75, 3.05) is 13.1 Å². The van der Waals surface area contributed by atoms with E-state index in [0.29, 0.717) is 13.1 Å². The number of nitrogens with zero attached hydrogens (tertiary/aromatic N) is 1. The molecule has 0 aliphatic heterocycles. The van der Waals surface area contributed by atoms with Gasteiger partial charge in [0.2, 0.25) is 0 Å². The standard InChI is InChI=1S/C5H12N2O.Na/c1-3-7(4-2)5(6)8;/h3-4H2,1-2H3,(H2,6,8);. The second-order valence-corrected chi connectivity index (χ2v) is 1.51. The minimum atomic E-state index is -0.338. The number of nitrogens with two attached hydrogens (primary N) is 1. The Kier molecular flexibility index (Phi) is 8.52. The van der Waals surface area contributed by atoms with Crippen molar-refractivity contribution in [1.82, 2.24) is 4.90 Å². The van der Waals surface area contributed by atoms with Crippen LogP contribution in [0.5, 0.6) is 0 Å². The molecule has 0 atom stereocenters. The molecule has 0 saturated carbocycles. The van der Waals surface area contributed by atoms with Crippen molar-refractivity contribution in [3.8, 4) is 0 Å². The summed E-state index contributed by atoms with van der Waals surface area (Å²) in [6.45, 7) is 5.19. The Labute approximate surface area is 77.9 Å². The largest absolute Gasteiger partial charge is 0.351 e. The maximum absolute atomic E-state index is 10.3. The Morgan fingerprint density at radius 2 is 1.78 bits per heavy atom. The molecule has 4 heteroatoms. The van der Waals surface area contributed by atoms with Crippen LogP contribution in [0, 0.1) is 0 Å². The van der Waals surface area contributed by atoms with Gasteiger partial charge in [0.1, 0.15) is 0 Å². The van der Waals surface area contributed by atoms with Crippen LogP contribution in [0.3, 0.4) is 0 Å². The van der Waals surface area contributed by atoms with Crippen LogP contribution in [-0.4, -0.2) is 53.6 Å². The first-order chi connectivity index (χ1) is 3.72. The quantitative estimate of drug-likeness (QED) is 0.539. The number of primary amides is 1. The van der Waals surface area contributed by atoms with Gasteiger partial charge >= 0.3 is 6.03 Å². The van der Waals surface area contributed by atoms with Crippen LogP contribution < -0.4 is 5.73 Å². The molecule has 0 heterocycles. The number of carbonyl (C=O) groups excluding carboxylic acids is 1. The van der Waals surface area contributed by atoms with Crippen LogP contribution in [-0.2, 0) is 0 Å². The van der Waals surface area contributed by atoms with Crippen LogP contribution >= 0.6 is 0 Å². The SMILES string of the molecule is CCN(CC)C(N)=O.[Na]. The van der Waals surface area contributed by atoms with E-state index in [4.69, 9.17) is 5.73 Å². The molecular weight excluding hydrogens is 127 g/mol. The summed E-state index contributed by atoms with van der Waals surface area (Å²) in [5.74, 6) is 0. The van der Waals surface area contributed by atoms with Crippen LogP contribution in [0.25, 0.3) is 0 Å². The Bertz CT molecular complexity index is 83.0. The smallest absolute Gasteiger partial charge is 0.314 e. The van der Waals surface area contributed by atoms with Crippen molar-refractivity contribution >= 4 is 35.6 Å². The van der Waals surface area contributed by atoms with Gasteiger partial charge in [0.15, 0.2) is 0 Å². The summed E-state index contributed by atoms with van der Waals surface area (Å²) in [5, 5.41) is 0. The van der Waals surface area contributed by atoms with Gasteiger partial charge in [-0.05, 0) is 13.8 Å². The second-order valence-electron chi connectivity index (χ2n) is 1.51. The normalized spacial score (nSPS) is 7.78. The molecule has 0 spiro atoms. The first-order valence-electron chi connectivity index (χ1n) is 2.76. The molecule has 0 aliphatic rings. The summed E-state index contributed by atoms with van der Waals surface area (Å²) >= 11 is 0. The molecule has 49 valence electrons. The van der Waals surface area contributed by atoms with Crippen molar-refractivity contribution in [3.63, 3.8) is 0 Å². The summed E-state index contributed by atoms with van der Waals surface area (Å²) < 4.78 is 0. The molecule has 0 fully saturated rings. The van der Waals surface area contributed by atoms with Gasteiger partial charge in [-0.2, -0.15) is 0 Å². The van der Waals surface area contributed by atoms with Gasteiger partial charge in [-0.25, -0.2) is 4.79 Å². The molecule has 9 heavy (non-hydrogen) atoms. The van der Waals surface area contributed by atoms with E-state index in [1.54, 1.807) is 4.90 Å². The van der Waals surface area contributed by atoms with E-state index < -0.39 is 0 Å². The van der Waals surface area contributed by atoms with E-state index in [1.807, 2.05) is 13.8 Å². The third-order valence-corrected chi connectivity index (χ3v) is 1.08. The molecule has 0 rings (SSSR count). The topological polar surface area (TPSA) is 46.3 Å². The Morgan fingerprint density at radius 1 is 1.44 bits per heavy atom. The van der Waals surface area contributed by atoms with E-state index in [0.717, 1.165) is 0 Å². The maximum Gasteiger partial charge on any atom is 0.314 e. The third kappa shape index (κ3) is 4.75. The first kappa shape index (κ1) is 12.0. The van der Waals surface area contributed by atoms with Crippen molar-refractivity contribution < 1.29 is 4.79 Å². The zero-order valence-electron chi connectivity index (χ0n) is 6.35. The van der Waals surface area contributed by atoms with Gasteiger partial charge in [0, 0.05) is 42.6 Å². The number of hydrogen-bond donors (Lipinski definition) is 1. The average Bonchev–Trinajstić information content (AvgIpc) is 1.69. The molecule has 3 nitrogen and oxygen atoms in total. The van der Waals surface area contributed by atoms with E-state index in [-0.39, 0.29) is 35.6 Å². The zero-order chi connectivity index (χ0) is 6.57. The molecule has 0 aromatic rings. The molecule has 0 unspecified atom stereocenters. The monoisotopic (exact) mass is 139 g/mol. The van der Waals surface area contributed by atoms with Crippen LogP contribution in [0.4, 0.5) is 4.79 Å². The molecule has 0 aromatic heterocycles. The Morgan fingerprint density at radius 3 is 1.78 bits per heavy atom. The molecule has 0 aliphatic carbocycles. The Balaban J connectivity index is 0. The van der Waals surface area contributed by atoms with Crippen LogP contribution in [0.2, 0.25) is 0 Å². The summed E-state index contributed by atoms with van der Waals surface area (Å²) in [4.78, 5) is 11.9. The summed E-state index contributed by atoms with van der Waals surface area (Å²) in [7, 11) is 0. The van der Waals surface area contributed by atoms with E-state index >= 15 is 0 Å². The predicted molar refractivity (Wildman–Crippen MR) is 38.3 cm³/mol. The zero-order valence-corrected chi connectivity index (χ0v) is 8.35. The fourth-order valence-electron chi connectivity index (χ4n) is 0.535. The molecule has 0 saturated heterocycles. The molecule has 2 amide bonds. The van der Waals surface area contributed by atoms with Gasteiger partial charge in [0.05, 0.1) is 0 Å². The van der Waals surface area contributed by atoms with Crippen molar-refractivity contribution in [1.29, 1.82) is 0 Å². The van der Waals surface area contributed by atoms with Gasteiger partial charge in [-0.1, -0.05) is 0 Å². The molecule has 1 radical (unpaired) electrons. The Hall–Kier alpha value is 0.270. The van der Waals surface area contributed by atoms with E-state index in [2.05, 4.69) is 0 Å². The summed E-state index contributed by atoms with van der Waals surface area (Å²) in [5.41, 5.74) is 4.94. The number of carbonyl (C=O) groups is 1. The summed E-state index contributed by atoms with van der Waals surface area (Å²) in [6, 6.07) is -0.338. The second kappa shape index (κ2) is 6.39. The minimum absolute atomic E-state index is 0. The van der Waals surface area contributed by atoms with Gasteiger partial charge in [-0.3, -0.25) is 0 Å². The maximum atomic E-state index is 10.3. The average molecular weight is 139 g/mol. The van der Waals surface area contributed by atoms with Gasteiger partial charge in [-0.15, -0.1) is 0 Å². The van der Waals surface area contributed by atoms with Crippen LogP contribution in [0.1, 0.15) is 13.8 Å². The fourth-order valence-corrected chi connectivity index (χ4v) is 0.535. The number of urea groups is 1. The molecule has 0 aromatic carbocycles. The summed E-state index contributed by atoms with van der Waals surface area (Å²) in [6.07, 6.45) is 0. The van der Waals surface area contributed by atoms with Gasteiger partial charge < -0.3 is 10.6 Å². The molecule has 0 bridgehead atoms. The fraction of sp³-hybridized carbons (Fsp3) is 0.800. The molecular formula is C5H12N2NaO. The first-order valence-corrected chi connectivity index (χ1v) is 2.76. The minimum Gasteiger partial charge on any atom is -0.351 e. The third-order valence-electron chi connectivity index (χ3n) is 1.08. The molecule has 2 N–H and O–H groups in total. The van der Waals surface area contributed by atoms with Crippen molar-refractivity contribution in [2.45, 2.75) is 13.8 Å². The number of hydrogen-bond acceptors (Lipinski definition) is 1. The van der Waals surface area contributed by atoms with E-state index in [9.17, 15) is 4.79 Å². The number of rotatable bonds is 2. The van der Waals surface area contributed by atoms with Crippen molar-refractivity contribution in [2.24, 2.45) is 5.73 Å². The van der Waals surface area contributed by atoms with E-state index in [1.165, 1.54) is 0 Å². The van der Waals surface area contributed by atoms with Crippen LogP contribution in [0.15, 0.2) is 0 Å². The van der Waals surface area contributed by atoms with Gasteiger partial charge in [0.25, 0.3) is 0 Å².